The molecule has 0 spiro atoms. The molecule has 20 heavy (non-hydrogen) atoms. The quantitative estimate of drug-likeness (QED) is 0.905. The van der Waals surface area contributed by atoms with Crippen molar-refractivity contribution in [1.82, 2.24) is 15.5 Å². The Morgan fingerprint density at radius 2 is 2.05 bits per heavy atom. The normalized spacial score (nSPS) is 12.2. The van der Waals surface area contributed by atoms with E-state index in [9.17, 15) is 4.79 Å². The summed E-state index contributed by atoms with van der Waals surface area (Å²) in [5.74, 6) is -0.174. The average molecular weight is 312 g/mol. The summed E-state index contributed by atoms with van der Waals surface area (Å²) in [6, 6.07) is 5.00. The number of halogens is 2. The fourth-order valence-corrected chi connectivity index (χ4v) is 2.66. The van der Waals surface area contributed by atoms with Crippen molar-refractivity contribution in [3.63, 3.8) is 0 Å². The van der Waals surface area contributed by atoms with E-state index in [1.807, 2.05) is 19.9 Å². The molecule has 0 saturated heterocycles. The Bertz CT molecular complexity index is 632. The van der Waals surface area contributed by atoms with Crippen LogP contribution in [0, 0.1) is 13.8 Å². The molecule has 1 amide bonds. The van der Waals surface area contributed by atoms with Crippen LogP contribution in [0.2, 0.25) is 10.0 Å². The molecule has 1 aromatic carbocycles. The van der Waals surface area contributed by atoms with Gasteiger partial charge in [0.2, 0.25) is 0 Å². The Morgan fingerprint density at radius 1 is 1.35 bits per heavy atom. The van der Waals surface area contributed by atoms with Crippen LogP contribution >= 0.6 is 23.2 Å². The summed E-state index contributed by atoms with van der Waals surface area (Å²) in [5, 5.41) is 10.8. The summed E-state index contributed by atoms with van der Waals surface area (Å²) < 4.78 is 0. The van der Waals surface area contributed by atoms with Gasteiger partial charge in [-0.15, -0.1) is 0 Å². The summed E-state index contributed by atoms with van der Waals surface area (Å²) in [6.07, 6.45) is 0. The van der Waals surface area contributed by atoms with Gasteiger partial charge in [0.25, 0.3) is 5.91 Å². The van der Waals surface area contributed by atoms with E-state index < -0.39 is 0 Å². The van der Waals surface area contributed by atoms with Crippen molar-refractivity contribution in [2.24, 2.45) is 0 Å². The van der Waals surface area contributed by atoms with Gasteiger partial charge in [0.05, 0.1) is 17.3 Å². The van der Waals surface area contributed by atoms with E-state index in [4.69, 9.17) is 23.2 Å². The molecule has 4 nitrogen and oxygen atoms in total. The van der Waals surface area contributed by atoms with Crippen molar-refractivity contribution in [3.05, 3.63) is 50.8 Å². The van der Waals surface area contributed by atoms with Crippen molar-refractivity contribution in [1.29, 1.82) is 0 Å². The van der Waals surface area contributed by atoms with Gasteiger partial charge in [-0.2, -0.15) is 5.10 Å². The maximum atomic E-state index is 12.3. The summed E-state index contributed by atoms with van der Waals surface area (Å²) in [4.78, 5) is 12.3. The van der Waals surface area contributed by atoms with Crippen LogP contribution in [0.1, 0.15) is 40.3 Å². The molecule has 1 atom stereocenters. The lowest BCUT2D eigenvalue weighted by molar-refractivity contribution is 0.0939. The number of aromatic amines is 1. The van der Waals surface area contributed by atoms with Crippen LogP contribution in [-0.2, 0) is 0 Å². The third-order valence-electron chi connectivity index (χ3n) is 3.13. The van der Waals surface area contributed by atoms with Crippen LogP contribution in [0.15, 0.2) is 18.2 Å². The van der Waals surface area contributed by atoms with Crippen LogP contribution in [-0.4, -0.2) is 16.1 Å². The number of nitrogens with one attached hydrogen (secondary N) is 2. The number of H-pyrrole nitrogens is 1. The number of carbonyl (C=O) groups is 1. The molecule has 6 heteroatoms. The first-order valence-electron chi connectivity index (χ1n) is 6.17. The van der Waals surface area contributed by atoms with E-state index in [1.54, 1.807) is 19.1 Å². The number of aromatic nitrogens is 2. The van der Waals surface area contributed by atoms with Gasteiger partial charge in [0, 0.05) is 15.7 Å². The average Bonchev–Trinajstić information content (AvgIpc) is 2.68. The van der Waals surface area contributed by atoms with Crippen molar-refractivity contribution in [2.45, 2.75) is 26.8 Å². The van der Waals surface area contributed by atoms with Gasteiger partial charge in [-0.25, -0.2) is 0 Å². The molecule has 106 valence electrons. The highest BCUT2D eigenvalue weighted by molar-refractivity contribution is 6.35. The molecular weight excluding hydrogens is 297 g/mol. The van der Waals surface area contributed by atoms with E-state index in [2.05, 4.69) is 15.5 Å². The molecule has 2 rings (SSSR count). The SMILES string of the molecule is Cc1n[nH]c(C)c1C(=O)NC(C)c1ccc(Cl)cc1Cl. The lowest BCUT2D eigenvalue weighted by atomic mass is 10.1. The van der Waals surface area contributed by atoms with Gasteiger partial charge in [0.15, 0.2) is 0 Å². The topological polar surface area (TPSA) is 57.8 Å². The fraction of sp³-hybridized carbons (Fsp3) is 0.286. The van der Waals surface area contributed by atoms with Crippen LogP contribution in [0.5, 0.6) is 0 Å². The number of carbonyl (C=O) groups excluding carboxylic acids is 1. The lowest BCUT2D eigenvalue weighted by Gasteiger charge is -2.16. The minimum atomic E-state index is -0.221. The number of aryl methyl sites for hydroxylation is 2. The molecule has 0 saturated carbocycles. The highest BCUT2D eigenvalue weighted by Gasteiger charge is 2.19. The molecule has 0 aliphatic carbocycles. The molecule has 0 aliphatic heterocycles. The van der Waals surface area contributed by atoms with Gasteiger partial charge in [-0.05, 0) is 38.5 Å². The van der Waals surface area contributed by atoms with Crippen LogP contribution in [0.3, 0.4) is 0 Å². The molecule has 0 bridgehead atoms. The zero-order valence-electron chi connectivity index (χ0n) is 11.4. The van der Waals surface area contributed by atoms with Gasteiger partial charge in [0.1, 0.15) is 0 Å². The van der Waals surface area contributed by atoms with Crippen LogP contribution in [0.25, 0.3) is 0 Å². The Labute approximate surface area is 127 Å². The lowest BCUT2D eigenvalue weighted by Crippen LogP contribution is -2.27. The summed E-state index contributed by atoms with van der Waals surface area (Å²) in [6.45, 7) is 5.48. The second-order valence-electron chi connectivity index (χ2n) is 4.67. The third-order valence-corrected chi connectivity index (χ3v) is 3.69. The molecule has 0 radical (unpaired) electrons. The number of amides is 1. The standard InChI is InChI=1S/C14H15Cl2N3O/c1-7(11-5-4-10(15)6-12(11)16)17-14(20)13-8(2)18-19-9(13)3/h4-7H,1-3H3,(H,17,20)(H,18,19). The van der Waals surface area contributed by atoms with E-state index in [1.165, 1.54) is 0 Å². The highest BCUT2D eigenvalue weighted by Crippen LogP contribution is 2.26. The minimum Gasteiger partial charge on any atom is -0.345 e. The van der Waals surface area contributed by atoms with Crippen molar-refractivity contribution < 1.29 is 4.79 Å². The van der Waals surface area contributed by atoms with Gasteiger partial charge < -0.3 is 5.32 Å². The van der Waals surface area contributed by atoms with E-state index >= 15 is 0 Å². The van der Waals surface area contributed by atoms with E-state index in [-0.39, 0.29) is 11.9 Å². The van der Waals surface area contributed by atoms with E-state index in [0.717, 1.165) is 11.3 Å². The Hall–Kier alpha value is -1.52. The summed E-state index contributed by atoms with van der Waals surface area (Å²) >= 11 is 12.0. The second-order valence-corrected chi connectivity index (χ2v) is 5.51. The van der Waals surface area contributed by atoms with Crippen LogP contribution < -0.4 is 5.32 Å². The molecule has 2 N–H and O–H groups in total. The van der Waals surface area contributed by atoms with Crippen molar-refractivity contribution in [3.8, 4) is 0 Å². The number of nitrogens with zero attached hydrogens (tertiary/aromatic N) is 1. The molecule has 0 fully saturated rings. The highest BCUT2D eigenvalue weighted by atomic mass is 35.5. The van der Waals surface area contributed by atoms with Gasteiger partial charge in [-0.1, -0.05) is 29.3 Å². The van der Waals surface area contributed by atoms with Gasteiger partial charge >= 0.3 is 0 Å². The van der Waals surface area contributed by atoms with Crippen molar-refractivity contribution in [2.75, 3.05) is 0 Å². The molecule has 1 aromatic heterocycles. The molecule has 1 heterocycles. The Kier molecular flexibility index (Phi) is 4.35. The first kappa shape index (κ1) is 14.9. The number of benzene rings is 1. The van der Waals surface area contributed by atoms with Crippen LogP contribution in [0.4, 0.5) is 0 Å². The second kappa shape index (κ2) is 5.85. The molecular formula is C14H15Cl2N3O. The third kappa shape index (κ3) is 2.97. The first-order chi connectivity index (χ1) is 9.40. The van der Waals surface area contributed by atoms with E-state index in [0.29, 0.717) is 21.3 Å². The zero-order valence-corrected chi connectivity index (χ0v) is 12.9. The number of hydrogen-bond donors (Lipinski definition) is 2. The first-order valence-corrected chi connectivity index (χ1v) is 6.93. The molecule has 0 aliphatic rings. The Morgan fingerprint density at radius 3 is 2.60 bits per heavy atom. The smallest absolute Gasteiger partial charge is 0.255 e. The molecule has 2 aromatic rings. The fourth-order valence-electron chi connectivity index (χ4n) is 2.08. The molecule has 1 unspecified atom stereocenters. The maximum Gasteiger partial charge on any atom is 0.255 e. The monoisotopic (exact) mass is 311 g/mol. The Balaban J connectivity index is 2.19. The minimum absolute atomic E-state index is 0.174. The summed E-state index contributed by atoms with van der Waals surface area (Å²) in [7, 11) is 0. The summed E-state index contributed by atoms with van der Waals surface area (Å²) in [5.41, 5.74) is 2.81. The van der Waals surface area contributed by atoms with Gasteiger partial charge in [-0.3, -0.25) is 9.89 Å². The van der Waals surface area contributed by atoms with Crippen molar-refractivity contribution >= 4 is 29.1 Å². The zero-order chi connectivity index (χ0) is 14.9. The predicted octanol–water partition coefficient (Wildman–Crippen LogP) is 3.82. The number of rotatable bonds is 3. The maximum absolute atomic E-state index is 12.3. The number of hydrogen-bond acceptors (Lipinski definition) is 2. The predicted molar refractivity (Wildman–Crippen MR) is 80.4 cm³/mol. The largest absolute Gasteiger partial charge is 0.345 e.